The maximum Gasteiger partial charge on any atom is 0.251 e. The first-order valence-electron chi connectivity index (χ1n) is 9.17. The van der Waals surface area contributed by atoms with E-state index in [1.165, 1.54) is 18.2 Å². The van der Waals surface area contributed by atoms with Gasteiger partial charge in [0, 0.05) is 24.2 Å². The molecule has 2 amide bonds. The van der Waals surface area contributed by atoms with Crippen LogP contribution in [-0.2, 0) is 6.54 Å². The van der Waals surface area contributed by atoms with Gasteiger partial charge in [-0.1, -0.05) is 48.6 Å². The minimum absolute atomic E-state index is 0.272. The number of allylic oxidation sites excluding steroid dienone is 2. The molecule has 0 saturated carbocycles. The van der Waals surface area contributed by atoms with Crippen molar-refractivity contribution in [3.05, 3.63) is 94.6 Å². The summed E-state index contributed by atoms with van der Waals surface area (Å²) in [5, 5.41) is 14.9. The van der Waals surface area contributed by atoms with E-state index >= 15 is 0 Å². The van der Waals surface area contributed by atoms with Crippen LogP contribution >= 0.6 is 0 Å². The van der Waals surface area contributed by atoms with Crippen LogP contribution in [0.3, 0.4) is 0 Å². The molecular formula is C23H21N3O2. The summed E-state index contributed by atoms with van der Waals surface area (Å²) in [4.78, 5) is 25.0. The van der Waals surface area contributed by atoms with Crippen LogP contribution < -0.4 is 10.6 Å². The first-order chi connectivity index (χ1) is 13.7. The predicted molar refractivity (Wildman–Crippen MR) is 108 cm³/mol. The molecule has 0 fully saturated rings. The van der Waals surface area contributed by atoms with Gasteiger partial charge in [-0.05, 0) is 42.2 Å². The molecule has 1 aliphatic carbocycles. The van der Waals surface area contributed by atoms with Crippen LogP contribution in [0.1, 0.15) is 44.7 Å². The van der Waals surface area contributed by atoms with Gasteiger partial charge >= 0.3 is 0 Å². The molecule has 0 aromatic heterocycles. The number of benzene rings is 2. The van der Waals surface area contributed by atoms with E-state index < -0.39 is 0 Å². The Kier molecular flexibility index (Phi) is 6.37. The van der Waals surface area contributed by atoms with E-state index in [0.717, 1.165) is 24.0 Å². The van der Waals surface area contributed by atoms with E-state index in [9.17, 15) is 14.9 Å². The lowest BCUT2D eigenvalue weighted by atomic mass is 10.0. The van der Waals surface area contributed by atoms with Crippen LogP contribution in [0, 0.1) is 11.3 Å². The standard InChI is InChI=1S/C23H21N3O2/c24-14-19-11-20(22(27)25-15-17-7-3-1-4-8-17)13-21(12-19)23(28)26-16-18-9-5-2-6-10-18/h1,3-5,7-13H,2,6,15-16H2,(H,25,27)(H,26,28). The predicted octanol–water partition coefficient (Wildman–Crippen LogP) is 3.49. The van der Waals surface area contributed by atoms with E-state index in [-0.39, 0.29) is 22.9 Å². The van der Waals surface area contributed by atoms with E-state index in [1.54, 1.807) is 0 Å². The highest BCUT2D eigenvalue weighted by molar-refractivity contribution is 6.00. The number of hydrogen-bond acceptors (Lipinski definition) is 3. The summed E-state index contributed by atoms with van der Waals surface area (Å²) in [6.07, 6.45) is 8.15. The lowest BCUT2D eigenvalue weighted by Gasteiger charge is -2.11. The Hall–Kier alpha value is -3.65. The molecule has 0 heterocycles. The van der Waals surface area contributed by atoms with Crippen molar-refractivity contribution >= 4 is 11.8 Å². The third-order valence-electron chi connectivity index (χ3n) is 4.41. The van der Waals surface area contributed by atoms with Gasteiger partial charge in [-0.25, -0.2) is 0 Å². The van der Waals surface area contributed by atoms with Crippen LogP contribution in [-0.4, -0.2) is 18.4 Å². The lowest BCUT2D eigenvalue weighted by molar-refractivity contribution is 0.0951. The molecule has 0 atom stereocenters. The highest BCUT2D eigenvalue weighted by atomic mass is 16.2. The minimum atomic E-state index is -0.326. The van der Waals surface area contributed by atoms with E-state index in [4.69, 9.17) is 0 Å². The van der Waals surface area contributed by atoms with Crippen molar-refractivity contribution < 1.29 is 9.59 Å². The number of amides is 2. The molecule has 3 rings (SSSR count). The maximum atomic E-state index is 12.5. The van der Waals surface area contributed by atoms with E-state index in [1.807, 2.05) is 42.5 Å². The summed E-state index contributed by atoms with van der Waals surface area (Å²) in [6.45, 7) is 0.792. The van der Waals surface area contributed by atoms with Crippen molar-refractivity contribution in [2.45, 2.75) is 19.4 Å². The Morgan fingerprint density at radius 1 is 0.929 bits per heavy atom. The zero-order valence-corrected chi connectivity index (χ0v) is 15.4. The first-order valence-corrected chi connectivity index (χ1v) is 9.17. The number of rotatable bonds is 6. The van der Waals surface area contributed by atoms with Crippen LogP contribution in [0.2, 0.25) is 0 Å². The SMILES string of the molecule is N#Cc1cc(C(=O)NCC2=CCCC=C2)cc(C(=O)NCc2ccccc2)c1. The summed E-state index contributed by atoms with van der Waals surface area (Å²) in [5.41, 5.74) is 2.88. The molecule has 2 aromatic rings. The summed E-state index contributed by atoms with van der Waals surface area (Å²) < 4.78 is 0. The van der Waals surface area contributed by atoms with Gasteiger partial charge < -0.3 is 10.6 Å². The van der Waals surface area contributed by atoms with Gasteiger partial charge in [-0.15, -0.1) is 0 Å². The van der Waals surface area contributed by atoms with Crippen LogP contribution in [0.25, 0.3) is 0 Å². The summed E-state index contributed by atoms with van der Waals surface area (Å²) in [5.74, 6) is -0.637. The van der Waals surface area contributed by atoms with Crippen molar-refractivity contribution in [3.63, 3.8) is 0 Å². The van der Waals surface area contributed by atoms with Crippen molar-refractivity contribution in [2.24, 2.45) is 0 Å². The van der Waals surface area contributed by atoms with Crippen molar-refractivity contribution in [3.8, 4) is 6.07 Å². The lowest BCUT2D eigenvalue weighted by Crippen LogP contribution is -2.27. The second kappa shape index (κ2) is 9.33. The van der Waals surface area contributed by atoms with Crippen LogP contribution in [0.4, 0.5) is 0 Å². The molecule has 0 aliphatic heterocycles. The van der Waals surface area contributed by atoms with Gasteiger partial charge in [-0.3, -0.25) is 9.59 Å². The number of hydrogen-bond donors (Lipinski definition) is 2. The second-order valence-corrected chi connectivity index (χ2v) is 6.52. The van der Waals surface area contributed by atoms with Crippen molar-refractivity contribution in [1.82, 2.24) is 10.6 Å². The largest absolute Gasteiger partial charge is 0.348 e. The number of carbonyl (C=O) groups is 2. The molecule has 28 heavy (non-hydrogen) atoms. The molecule has 2 N–H and O–H groups in total. The molecule has 0 unspecified atom stereocenters. The number of nitriles is 1. The molecule has 5 heteroatoms. The Bertz CT molecular complexity index is 969. The Morgan fingerprint density at radius 2 is 1.61 bits per heavy atom. The van der Waals surface area contributed by atoms with Crippen molar-refractivity contribution in [2.75, 3.05) is 6.54 Å². The molecule has 5 nitrogen and oxygen atoms in total. The zero-order valence-electron chi connectivity index (χ0n) is 15.4. The third kappa shape index (κ3) is 5.18. The number of nitrogens with zero attached hydrogens (tertiary/aromatic N) is 1. The Balaban J connectivity index is 1.69. The van der Waals surface area contributed by atoms with Gasteiger partial charge in [0.05, 0.1) is 11.6 Å². The average Bonchev–Trinajstić information content (AvgIpc) is 2.76. The van der Waals surface area contributed by atoms with E-state index in [2.05, 4.69) is 22.8 Å². The highest BCUT2D eigenvalue weighted by Gasteiger charge is 2.13. The fraction of sp³-hybridized carbons (Fsp3) is 0.174. The summed E-state index contributed by atoms with van der Waals surface area (Å²) >= 11 is 0. The molecule has 0 bridgehead atoms. The first kappa shape index (κ1) is 19.1. The minimum Gasteiger partial charge on any atom is -0.348 e. The highest BCUT2D eigenvalue weighted by Crippen LogP contribution is 2.12. The Morgan fingerprint density at radius 3 is 2.21 bits per heavy atom. The topological polar surface area (TPSA) is 82.0 Å². The van der Waals surface area contributed by atoms with Crippen LogP contribution in [0.5, 0.6) is 0 Å². The number of carbonyl (C=O) groups excluding carboxylic acids is 2. The van der Waals surface area contributed by atoms with Gasteiger partial charge in [0.25, 0.3) is 11.8 Å². The molecule has 1 aliphatic rings. The fourth-order valence-corrected chi connectivity index (χ4v) is 2.92. The Labute approximate surface area is 164 Å². The molecular weight excluding hydrogens is 350 g/mol. The second-order valence-electron chi connectivity index (χ2n) is 6.52. The van der Waals surface area contributed by atoms with Gasteiger partial charge in [0.2, 0.25) is 0 Å². The zero-order chi connectivity index (χ0) is 19.8. The normalized spacial score (nSPS) is 12.6. The maximum absolute atomic E-state index is 12.5. The van der Waals surface area contributed by atoms with E-state index in [0.29, 0.717) is 18.7 Å². The summed E-state index contributed by atoms with van der Waals surface area (Å²) in [7, 11) is 0. The fourth-order valence-electron chi connectivity index (χ4n) is 2.92. The molecule has 2 aromatic carbocycles. The van der Waals surface area contributed by atoms with Gasteiger partial charge in [0.1, 0.15) is 0 Å². The summed E-state index contributed by atoms with van der Waals surface area (Å²) in [6, 6.07) is 16.1. The monoisotopic (exact) mass is 371 g/mol. The third-order valence-corrected chi connectivity index (χ3v) is 4.41. The molecule has 140 valence electrons. The molecule has 0 radical (unpaired) electrons. The van der Waals surface area contributed by atoms with Crippen molar-refractivity contribution in [1.29, 1.82) is 5.26 Å². The molecule has 0 saturated heterocycles. The molecule has 0 spiro atoms. The smallest absolute Gasteiger partial charge is 0.251 e. The van der Waals surface area contributed by atoms with Crippen LogP contribution in [0.15, 0.2) is 72.3 Å². The average molecular weight is 371 g/mol. The van der Waals surface area contributed by atoms with Gasteiger partial charge in [-0.2, -0.15) is 5.26 Å². The van der Waals surface area contributed by atoms with Gasteiger partial charge in [0.15, 0.2) is 0 Å². The number of nitrogens with one attached hydrogen (secondary N) is 2. The quantitative estimate of drug-likeness (QED) is 0.815.